The topological polar surface area (TPSA) is 53.6 Å². The third kappa shape index (κ3) is 6.30. The van der Waals surface area contributed by atoms with Crippen molar-refractivity contribution >= 4 is 6.09 Å². The molecule has 0 aromatic carbocycles. The summed E-state index contributed by atoms with van der Waals surface area (Å²) in [4.78, 5) is 14.2. The largest absolute Gasteiger partial charge is 0.444 e. The van der Waals surface area contributed by atoms with Crippen molar-refractivity contribution in [2.24, 2.45) is 11.3 Å². The first kappa shape index (κ1) is 18.5. The fourth-order valence-corrected chi connectivity index (χ4v) is 3.62. The Balaban J connectivity index is 1.77. The molecule has 2 saturated heterocycles. The van der Waals surface area contributed by atoms with Gasteiger partial charge in [0.05, 0.1) is 0 Å². The Hall–Kier alpha value is -0.810. The van der Waals surface area contributed by atoms with Crippen LogP contribution in [0.3, 0.4) is 0 Å². The molecule has 134 valence electrons. The van der Waals surface area contributed by atoms with Crippen molar-refractivity contribution in [3.05, 3.63) is 0 Å². The van der Waals surface area contributed by atoms with Gasteiger partial charge in [0.25, 0.3) is 0 Å². The van der Waals surface area contributed by atoms with Gasteiger partial charge in [0.1, 0.15) is 5.60 Å². The number of carbonyl (C=O) groups is 1. The maximum Gasteiger partial charge on any atom is 0.410 e. The van der Waals surface area contributed by atoms with Crippen molar-refractivity contribution in [1.82, 2.24) is 15.5 Å². The molecule has 0 spiro atoms. The number of piperidine rings is 2. The monoisotopic (exact) mass is 325 g/mol. The number of hydrogen-bond donors (Lipinski definition) is 2. The molecule has 2 aliphatic heterocycles. The van der Waals surface area contributed by atoms with Gasteiger partial charge in [-0.05, 0) is 77.4 Å². The van der Waals surface area contributed by atoms with Crippen molar-refractivity contribution in [2.45, 2.75) is 59.0 Å². The lowest BCUT2D eigenvalue weighted by atomic mass is 9.81. The summed E-state index contributed by atoms with van der Waals surface area (Å²) < 4.78 is 5.53. The lowest BCUT2D eigenvalue weighted by molar-refractivity contribution is 0.00668. The van der Waals surface area contributed by atoms with Crippen molar-refractivity contribution in [1.29, 1.82) is 0 Å². The molecule has 0 bridgehead atoms. The first-order valence-corrected chi connectivity index (χ1v) is 9.17. The molecule has 23 heavy (non-hydrogen) atoms. The summed E-state index contributed by atoms with van der Waals surface area (Å²) >= 11 is 0. The molecule has 0 aromatic rings. The average molecular weight is 325 g/mol. The quantitative estimate of drug-likeness (QED) is 0.834. The third-order valence-electron chi connectivity index (χ3n) is 4.82. The number of amides is 1. The highest BCUT2D eigenvalue weighted by Crippen LogP contribution is 2.29. The van der Waals surface area contributed by atoms with Crippen LogP contribution in [0.2, 0.25) is 0 Å². The summed E-state index contributed by atoms with van der Waals surface area (Å²) in [6.07, 6.45) is 4.67. The van der Waals surface area contributed by atoms with Crippen molar-refractivity contribution in [2.75, 3.05) is 39.3 Å². The lowest BCUT2D eigenvalue weighted by Crippen LogP contribution is -2.50. The standard InChI is InChI=1S/C18H35N3O2/c1-17(2,3)23-16(22)21-10-6-8-18(4,14-21)13-20-12-15-7-5-9-19-11-15/h15,19-20H,5-14H2,1-4H3. The summed E-state index contributed by atoms with van der Waals surface area (Å²) in [6.45, 7) is 14.0. The van der Waals surface area contributed by atoms with Gasteiger partial charge in [0, 0.05) is 19.6 Å². The highest BCUT2D eigenvalue weighted by molar-refractivity contribution is 5.68. The number of rotatable bonds is 4. The second-order valence-electron chi connectivity index (χ2n) is 8.66. The molecule has 2 unspecified atom stereocenters. The highest BCUT2D eigenvalue weighted by atomic mass is 16.6. The summed E-state index contributed by atoms with van der Waals surface area (Å²) in [5, 5.41) is 7.12. The first-order valence-electron chi connectivity index (χ1n) is 9.17. The number of likely N-dealkylation sites (tertiary alicyclic amines) is 1. The SMILES string of the molecule is CC1(CNCC2CCCNC2)CCCN(C(=O)OC(C)(C)C)C1. The molecule has 2 aliphatic rings. The van der Waals surface area contributed by atoms with Crippen LogP contribution in [0.4, 0.5) is 4.79 Å². The average Bonchev–Trinajstić information content (AvgIpc) is 2.46. The molecule has 0 saturated carbocycles. The van der Waals surface area contributed by atoms with Crippen molar-refractivity contribution in [3.8, 4) is 0 Å². The predicted octanol–water partition coefficient (Wildman–Crippen LogP) is 2.61. The number of nitrogens with zero attached hydrogens (tertiary/aromatic N) is 1. The van der Waals surface area contributed by atoms with Crippen LogP contribution in [-0.2, 0) is 4.74 Å². The molecule has 0 radical (unpaired) electrons. The van der Waals surface area contributed by atoms with Gasteiger partial charge in [0.15, 0.2) is 0 Å². The smallest absolute Gasteiger partial charge is 0.410 e. The molecule has 0 aliphatic carbocycles. The summed E-state index contributed by atoms with van der Waals surface area (Å²) in [5.41, 5.74) is -0.269. The van der Waals surface area contributed by atoms with Gasteiger partial charge < -0.3 is 20.3 Å². The van der Waals surface area contributed by atoms with Crippen LogP contribution in [0.1, 0.15) is 53.4 Å². The van der Waals surface area contributed by atoms with Crippen molar-refractivity contribution in [3.63, 3.8) is 0 Å². The molecule has 2 N–H and O–H groups in total. The second-order valence-corrected chi connectivity index (χ2v) is 8.66. The van der Waals surface area contributed by atoms with E-state index in [0.29, 0.717) is 0 Å². The van der Waals surface area contributed by atoms with E-state index in [1.165, 1.54) is 25.8 Å². The zero-order chi connectivity index (χ0) is 16.9. The predicted molar refractivity (Wildman–Crippen MR) is 93.6 cm³/mol. The van der Waals surface area contributed by atoms with E-state index in [-0.39, 0.29) is 11.5 Å². The number of hydrogen-bond acceptors (Lipinski definition) is 4. The van der Waals surface area contributed by atoms with Crippen LogP contribution in [0.15, 0.2) is 0 Å². The van der Waals surface area contributed by atoms with Crippen LogP contribution < -0.4 is 10.6 Å². The summed E-state index contributed by atoms with van der Waals surface area (Å²) in [7, 11) is 0. The molecular weight excluding hydrogens is 290 g/mol. The maximum absolute atomic E-state index is 12.3. The van der Waals surface area contributed by atoms with Gasteiger partial charge in [-0.25, -0.2) is 4.79 Å². The second kappa shape index (κ2) is 7.84. The maximum atomic E-state index is 12.3. The molecule has 5 nitrogen and oxygen atoms in total. The minimum Gasteiger partial charge on any atom is -0.444 e. The number of ether oxygens (including phenoxy) is 1. The van der Waals surface area contributed by atoms with E-state index in [4.69, 9.17) is 4.74 Å². The molecule has 1 amide bonds. The Morgan fingerprint density at radius 2 is 2.17 bits per heavy atom. The van der Waals surface area contributed by atoms with Crippen LogP contribution >= 0.6 is 0 Å². The Morgan fingerprint density at radius 3 is 2.83 bits per heavy atom. The van der Waals surface area contributed by atoms with E-state index >= 15 is 0 Å². The van der Waals surface area contributed by atoms with Gasteiger partial charge in [-0.15, -0.1) is 0 Å². The zero-order valence-corrected chi connectivity index (χ0v) is 15.4. The van der Waals surface area contributed by atoms with Crippen LogP contribution in [0, 0.1) is 11.3 Å². The fourth-order valence-electron chi connectivity index (χ4n) is 3.62. The Labute approximate surface area is 141 Å². The molecule has 2 rings (SSSR count). The van der Waals surface area contributed by atoms with E-state index < -0.39 is 5.60 Å². The minimum absolute atomic E-state index is 0.150. The van der Waals surface area contributed by atoms with E-state index in [1.54, 1.807) is 0 Å². The lowest BCUT2D eigenvalue weighted by Gasteiger charge is -2.41. The third-order valence-corrected chi connectivity index (χ3v) is 4.82. The van der Waals surface area contributed by atoms with Gasteiger partial charge in [0.2, 0.25) is 0 Å². The van der Waals surface area contributed by atoms with Gasteiger partial charge >= 0.3 is 6.09 Å². The van der Waals surface area contributed by atoms with E-state index in [2.05, 4.69) is 17.6 Å². The molecule has 2 atom stereocenters. The van der Waals surface area contributed by atoms with E-state index in [0.717, 1.165) is 45.1 Å². The Kier molecular flexibility index (Phi) is 6.32. The fraction of sp³-hybridized carbons (Fsp3) is 0.944. The van der Waals surface area contributed by atoms with Crippen LogP contribution in [0.5, 0.6) is 0 Å². The van der Waals surface area contributed by atoms with Gasteiger partial charge in [-0.1, -0.05) is 6.92 Å². The molecule has 5 heteroatoms. The van der Waals surface area contributed by atoms with Gasteiger partial charge in [-0.2, -0.15) is 0 Å². The van der Waals surface area contributed by atoms with E-state index in [1.807, 2.05) is 25.7 Å². The van der Waals surface area contributed by atoms with Gasteiger partial charge in [-0.3, -0.25) is 0 Å². The molecule has 2 fully saturated rings. The van der Waals surface area contributed by atoms with Crippen molar-refractivity contribution < 1.29 is 9.53 Å². The van der Waals surface area contributed by atoms with Crippen LogP contribution in [-0.4, -0.2) is 55.9 Å². The number of nitrogens with one attached hydrogen (secondary N) is 2. The molecular formula is C18H35N3O2. The molecule has 0 aromatic heterocycles. The molecule has 2 heterocycles. The Morgan fingerprint density at radius 1 is 1.39 bits per heavy atom. The zero-order valence-electron chi connectivity index (χ0n) is 15.4. The Bertz CT molecular complexity index is 388. The minimum atomic E-state index is -0.419. The van der Waals surface area contributed by atoms with E-state index in [9.17, 15) is 4.79 Å². The summed E-state index contributed by atoms with van der Waals surface area (Å²) in [5.74, 6) is 0.748. The van der Waals surface area contributed by atoms with Crippen LogP contribution in [0.25, 0.3) is 0 Å². The normalized spacial score (nSPS) is 29.4. The first-order chi connectivity index (χ1) is 10.8. The number of carbonyl (C=O) groups excluding carboxylic acids is 1. The highest BCUT2D eigenvalue weighted by Gasteiger charge is 2.34. The summed E-state index contributed by atoms with van der Waals surface area (Å²) in [6, 6.07) is 0.